The molecule has 0 aromatic carbocycles. The van der Waals surface area contributed by atoms with Gasteiger partial charge in [0.15, 0.2) is 0 Å². The van der Waals surface area contributed by atoms with Crippen molar-refractivity contribution in [1.82, 2.24) is 24.6 Å². The van der Waals surface area contributed by atoms with E-state index in [1.165, 1.54) is 6.33 Å². The minimum Gasteiger partial charge on any atom is -0.340 e. The number of likely N-dealkylation sites (tertiary alicyclic amines) is 2. The Hall–Kier alpha value is -1.92. The molecule has 1 aromatic rings. The highest BCUT2D eigenvalue weighted by Crippen LogP contribution is 2.26. The highest BCUT2D eigenvalue weighted by Gasteiger charge is 2.38. The molecule has 7 nitrogen and oxygen atoms in total. The average Bonchev–Trinajstić information content (AvgIpc) is 3.16. The maximum atomic E-state index is 12.7. The molecule has 2 fully saturated rings. The summed E-state index contributed by atoms with van der Waals surface area (Å²) < 4.78 is 1.83. The SMILES string of the molecule is CC(C)N1C[C@@H](C(=O)N2CCC[C@@H](n3cncn3)C2)CC1=O. The van der Waals surface area contributed by atoms with Gasteiger partial charge in [-0.3, -0.25) is 9.59 Å². The Kier molecular flexibility index (Phi) is 4.13. The van der Waals surface area contributed by atoms with Crippen molar-refractivity contribution in [1.29, 1.82) is 0 Å². The second-order valence-corrected chi connectivity index (χ2v) is 6.50. The highest BCUT2D eigenvalue weighted by atomic mass is 16.2. The van der Waals surface area contributed by atoms with Crippen LogP contribution in [0, 0.1) is 5.92 Å². The van der Waals surface area contributed by atoms with E-state index in [1.807, 2.05) is 23.4 Å². The van der Waals surface area contributed by atoms with Gasteiger partial charge in [-0.15, -0.1) is 0 Å². The van der Waals surface area contributed by atoms with Gasteiger partial charge in [0, 0.05) is 32.1 Å². The maximum absolute atomic E-state index is 12.7. The average molecular weight is 305 g/mol. The molecule has 0 spiro atoms. The highest BCUT2D eigenvalue weighted by molar-refractivity contribution is 5.89. The summed E-state index contributed by atoms with van der Waals surface area (Å²) in [6, 6.07) is 0.355. The van der Waals surface area contributed by atoms with E-state index < -0.39 is 0 Å². The molecule has 1 aromatic heterocycles. The number of rotatable bonds is 3. The van der Waals surface area contributed by atoms with Crippen molar-refractivity contribution in [2.75, 3.05) is 19.6 Å². The van der Waals surface area contributed by atoms with Gasteiger partial charge >= 0.3 is 0 Å². The molecule has 22 heavy (non-hydrogen) atoms. The van der Waals surface area contributed by atoms with Crippen molar-refractivity contribution >= 4 is 11.8 Å². The fourth-order valence-corrected chi connectivity index (χ4v) is 3.43. The largest absolute Gasteiger partial charge is 0.340 e. The van der Waals surface area contributed by atoms with Gasteiger partial charge < -0.3 is 9.80 Å². The molecule has 2 aliphatic heterocycles. The predicted octanol–water partition coefficient (Wildman–Crippen LogP) is 0.698. The van der Waals surface area contributed by atoms with Crippen LogP contribution in [0.4, 0.5) is 0 Å². The van der Waals surface area contributed by atoms with Crippen LogP contribution >= 0.6 is 0 Å². The van der Waals surface area contributed by atoms with Gasteiger partial charge in [-0.1, -0.05) is 0 Å². The van der Waals surface area contributed by atoms with Gasteiger partial charge in [-0.2, -0.15) is 5.10 Å². The Balaban J connectivity index is 1.64. The summed E-state index contributed by atoms with van der Waals surface area (Å²) in [5, 5.41) is 4.18. The fraction of sp³-hybridized carbons (Fsp3) is 0.733. The zero-order valence-corrected chi connectivity index (χ0v) is 13.2. The van der Waals surface area contributed by atoms with Crippen molar-refractivity contribution in [3.63, 3.8) is 0 Å². The third-order valence-corrected chi connectivity index (χ3v) is 4.65. The summed E-state index contributed by atoms with van der Waals surface area (Å²) in [5.74, 6) is 0.0175. The third kappa shape index (κ3) is 2.84. The molecule has 120 valence electrons. The van der Waals surface area contributed by atoms with Crippen molar-refractivity contribution in [3.05, 3.63) is 12.7 Å². The van der Waals surface area contributed by atoms with E-state index in [9.17, 15) is 9.59 Å². The number of hydrogen-bond acceptors (Lipinski definition) is 4. The van der Waals surface area contributed by atoms with E-state index in [4.69, 9.17) is 0 Å². The molecular weight excluding hydrogens is 282 g/mol. The van der Waals surface area contributed by atoms with Crippen molar-refractivity contribution in [2.24, 2.45) is 5.92 Å². The lowest BCUT2D eigenvalue weighted by molar-refractivity contribution is -0.137. The van der Waals surface area contributed by atoms with Crippen LogP contribution in [0.15, 0.2) is 12.7 Å². The molecule has 7 heteroatoms. The van der Waals surface area contributed by atoms with Gasteiger partial charge in [0.05, 0.1) is 12.0 Å². The molecule has 0 N–H and O–H groups in total. The van der Waals surface area contributed by atoms with Crippen LogP contribution in [0.5, 0.6) is 0 Å². The molecule has 0 unspecified atom stereocenters. The Morgan fingerprint density at radius 1 is 1.36 bits per heavy atom. The second kappa shape index (κ2) is 6.06. The number of nitrogens with zero attached hydrogens (tertiary/aromatic N) is 5. The number of piperidine rings is 1. The predicted molar refractivity (Wildman–Crippen MR) is 79.8 cm³/mol. The summed E-state index contributed by atoms with van der Waals surface area (Å²) in [5.41, 5.74) is 0. The molecule has 2 aliphatic rings. The monoisotopic (exact) mass is 305 g/mol. The quantitative estimate of drug-likeness (QED) is 0.824. The minimum absolute atomic E-state index is 0.0955. The molecule has 2 saturated heterocycles. The van der Waals surface area contributed by atoms with E-state index in [-0.39, 0.29) is 29.8 Å². The molecule has 0 saturated carbocycles. The normalized spacial score (nSPS) is 26.0. The van der Waals surface area contributed by atoms with Crippen LogP contribution in [0.3, 0.4) is 0 Å². The summed E-state index contributed by atoms with van der Waals surface area (Å²) in [7, 11) is 0. The molecule has 3 heterocycles. The first-order chi connectivity index (χ1) is 10.6. The van der Waals surface area contributed by atoms with Crippen molar-refractivity contribution < 1.29 is 9.59 Å². The lowest BCUT2D eigenvalue weighted by atomic mass is 10.0. The van der Waals surface area contributed by atoms with Gasteiger partial charge in [0.1, 0.15) is 12.7 Å². The maximum Gasteiger partial charge on any atom is 0.228 e. The number of amides is 2. The fourth-order valence-electron chi connectivity index (χ4n) is 3.43. The van der Waals surface area contributed by atoms with Gasteiger partial charge in [0.2, 0.25) is 11.8 Å². The van der Waals surface area contributed by atoms with Gasteiger partial charge in [-0.25, -0.2) is 9.67 Å². The summed E-state index contributed by atoms with van der Waals surface area (Å²) in [6.45, 7) is 5.98. The Bertz CT molecular complexity index is 542. The molecule has 0 aliphatic carbocycles. The third-order valence-electron chi connectivity index (χ3n) is 4.65. The van der Waals surface area contributed by atoms with Crippen LogP contribution in [0.2, 0.25) is 0 Å². The van der Waals surface area contributed by atoms with Crippen LogP contribution < -0.4 is 0 Å². The Morgan fingerprint density at radius 3 is 2.82 bits per heavy atom. The summed E-state index contributed by atoms with van der Waals surface area (Å²) >= 11 is 0. The van der Waals surface area contributed by atoms with E-state index in [2.05, 4.69) is 10.1 Å². The number of carbonyl (C=O) groups excluding carboxylic acids is 2. The van der Waals surface area contributed by atoms with Gasteiger partial charge in [0.25, 0.3) is 0 Å². The zero-order valence-electron chi connectivity index (χ0n) is 13.2. The summed E-state index contributed by atoms with van der Waals surface area (Å²) in [4.78, 5) is 32.4. The Morgan fingerprint density at radius 2 is 2.18 bits per heavy atom. The molecule has 0 bridgehead atoms. The first-order valence-corrected chi connectivity index (χ1v) is 7.98. The molecule has 3 rings (SSSR count). The number of hydrogen-bond donors (Lipinski definition) is 0. The van der Waals surface area contributed by atoms with Crippen LogP contribution in [-0.4, -0.2) is 62.1 Å². The van der Waals surface area contributed by atoms with Crippen LogP contribution in [0.25, 0.3) is 0 Å². The smallest absolute Gasteiger partial charge is 0.228 e. The van der Waals surface area contributed by atoms with Crippen LogP contribution in [-0.2, 0) is 9.59 Å². The van der Waals surface area contributed by atoms with Crippen molar-refractivity contribution in [3.8, 4) is 0 Å². The summed E-state index contributed by atoms with van der Waals surface area (Å²) in [6.07, 6.45) is 5.55. The lowest BCUT2D eigenvalue weighted by Gasteiger charge is -2.34. The van der Waals surface area contributed by atoms with Crippen LogP contribution in [0.1, 0.15) is 39.2 Å². The first kappa shape index (κ1) is 15.0. The molecule has 2 amide bonds. The molecular formula is C15H23N5O2. The van der Waals surface area contributed by atoms with E-state index in [1.54, 1.807) is 11.2 Å². The number of carbonyl (C=O) groups is 2. The minimum atomic E-state index is -0.190. The lowest BCUT2D eigenvalue weighted by Crippen LogP contribution is -2.44. The van der Waals surface area contributed by atoms with Crippen molar-refractivity contribution in [2.45, 2.75) is 45.2 Å². The van der Waals surface area contributed by atoms with E-state index in [0.29, 0.717) is 19.5 Å². The standard InChI is InChI=1S/C15H23N5O2/c1-11(2)19-7-12(6-14(19)21)15(22)18-5-3-4-13(8-18)20-10-16-9-17-20/h9-13H,3-8H2,1-2H3/t12-,13+/m0/s1. The first-order valence-electron chi connectivity index (χ1n) is 7.98. The molecule has 0 radical (unpaired) electrons. The van der Waals surface area contributed by atoms with E-state index in [0.717, 1.165) is 19.4 Å². The second-order valence-electron chi connectivity index (χ2n) is 6.50. The molecule has 2 atom stereocenters. The number of aromatic nitrogens is 3. The van der Waals surface area contributed by atoms with Gasteiger partial charge in [-0.05, 0) is 26.7 Å². The topological polar surface area (TPSA) is 71.3 Å². The zero-order chi connectivity index (χ0) is 15.7. The van der Waals surface area contributed by atoms with E-state index >= 15 is 0 Å². The Labute approximate surface area is 130 Å².